The first-order valence-electron chi connectivity index (χ1n) is 7.98. The maximum absolute atomic E-state index is 13.1. The predicted octanol–water partition coefficient (Wildman–Crippen LogP) is 2.47. The van der Waals surface area contributed by atoms with Crippen LogP contribution in [0, 0.1) is 11.8 Å². The van der Waals surface area contributed by atoms with Crippen LogP contribution < -0.4 is 0 Å². The Kier molecular flexibility index (Phi) is 3.58. The molecule has 0 aromatic heterocycles. The van der Waals surface area contributed by atoms with Gasteiger partial charge in [0.1, 0.15) is 11.5 Å². The first-order valence-corrected chi connectivity index (χ1v) is 8.77. The van der Waals surface area contributed by atoms with Gasteiger partial charge in [-0.15, -0.1) is 0 Å². The summed E-state index contributed by atoms with van der Waals surface area (Å²) in [4.78, 5) is 27.1. The third-order valence-corrected chi connectivity index (χ3v) is 5.95. The van der Waals surface area contributed by atoms with Gasteiger partial charge in [0.15, 0.2) is 0 Å². The van der Waals surface area contributed by atoms with Crippen molar-refractivity contribution in [3.8, 4) is 0 Å². The Bertz CT molecular complexity index is 731. The van der Waals surface area contributed by atoms with Crippen molar-refractivity contribution in [3.05, 3.63) is 46.5 Å². The fourth-order valence-electron chi connectivity index (χ4n) is 4.18. The molecule has 3 aliphatic rings. The van der Waals surface area contributed by atoms with Crippen LogP contribution in [-0.2, 0) is 19.1 Å². The van der Waals surface area contributed by atoms with Crippen LogP contribution in [0.2, 0.25) is 0 Å². The summed E-state index contributed by atoms with van der Waals surface area (Å²) in [5.74, 6) is -1.44. The molecule has 2 fully saturated rings. The van der Waals surface area contributed by atoms with Crippen LogP contribution in [-0.4, -0.2) is 42.1 Å². The molecule has 2 bridgehead atoms. The third kappa shape index (κ3) is 2.09. The van der Waals surface area contributed by atoms with Crippen molar-refractivity contribution in [1.29, 1.82) is 0 Å². The monoisotopic (exact) mass is 391 g/mol. The fraction of sp³-hybridized carbons (Fsp3) is 0.444. The van der Waals surface area contributed by atoms with Crippen molar-refractivity contribution in [2.24, 2.45) is 11.8 Å². The van der Waals surface area contributed by atoms with Crippen LogP contribution in [0.4, 0.5) is 0 Å². The Morgan fingerprint density at radius 3 is 2.79 bits per heavy atom. The van der Waals surface area contributed by atoms with E-state index >= 15 is 0 Å². The van der Waals surface area contributed by atoms with Crippen LogP contribution in [0.1, 0.15) is 18.5 Å². The Morgan fingerprint density at radius 1 is 1.42 bits per heavy atom. The number of carbonyl (C=O) groups excluding carboxylic acids is 2. The number of rotatable bonds is 3. The molecule has 4 rings (SSSR count). The lowest BCUT2D eigenvalue weighted by Crippen LogP contribution is -2.39. The summed E-state index contributed by atoms with van der Waals surface area (Å²) < 4.78 is 11.9. The van der Waals surface area contributed by atoms with E-state index in [1.807, 2.05) is 48.2 Å². The number of hydrogen-bond acceptors (Lipinski definition) is 4. The molecule has 0 saturated carbocycles. The van der Waals surface area contributed by atoms with E-state index in [9.17, 15) is 9.59 Å². The van der Waals surface area contributed by atoms with Gasteiger partial charge in [0.05, 0.1) is 31.7 Å². The number of methoxy groups -OCH3 is 1. The van der Waals surface area contributed by atoms with E-state index in [4.69, 9.17) is 9.47 Å². The summed E-state index contributed by atoms with van der Waals surface area (Å²) >= 11 is 3.43. The number of ether oxygens (including phenoxy) is 2. The van der Waals surface area contributed by atoms with Crippen molar-refractivity contribution in [2.45, 2.75) is 24.7 Å². The number of hydrogen-bond donors (Lipinski definition) is 0. The SMILES string of the molecule is COC(=O)[C@@H]1[C@@H]2C=C[C@@]3(CN([C@H](C)c4ccc(Br)cc4)C(=O)[C@@H]13)O2. The van der Waals surface area contributed by atoms with Crippen molar-refractivity contribution in [3.63, 3.8) is 0 Å². The summed E-state index contributed by atoms with van der Waals surface area (Å²) in [5.41, 5.74) is 0.362. The first-order chi connectivity index (χ1) is 11.5. The number of fused-ring (bicyclic) bond motifs is 1. The van der Waals surface area contributed by atoms with Gasteiger partial charge in [-0.05, 0) is 24.6 Å². The highest BCUT2D eigenvalue weighted by atomic mass is 79.9. The Morgan fingerprint density at radius 2 is 2.12 bits per heavy atom. The highest BCUT2D eigenvalue weighted by Crippen LogP contribution is 2.53. The highest BCUT2D eigenvalue weighted by Gasteiger charge is 2.67. The molecule has 0 radical (unpaired) electrons. The summed E-state index contributed by atoms with van der Waals surface area (Å²) in [6.45, 7) is 2.47. The van der Waals surface area contributed by atoms with Gasteiger partial charge in [-0.3, -0.25) is 9.59 Å². The summed E-state index contributed by atoms with van der Waals surface area (Å²) in [5, 5.41) is 0. The van der Waals surface area contributed by atoms with Gasteiger partial charge >= 0.3 is 5.97 Å². The zero-order valence-corrected chi connectivity index (χ0v) is 15.0. The summed E-state index contributed by atoms with van der Waals surface area (Å²) in [7, 11) is 1.35. The number of nitrogens with zero attached hydrogens (tertiary/aromatic N) is 1. The minimum absolute atomic E-state index is 0.0346. The summed E-state index contributed by atoms with van der Waals surface area (Å²) in [6, 6.07) is 7.84. The van der Waals surface area contributed by atoms with Gasteiger partial charge < -0.3 is 14.4 Å². The van der Waals surface area contributed by atoms with Crippen LogP contribution in [0.15, 0.2) is 40.9 Å². The number of benzene rings is 1. The van der Waals surface area contributed by atoms with E-state index in [1.165, 1.54) is 7.11 Å². The standard InChI is InChI=1S/C18H18BrNO4/c1-10(11-3-5-12(19)6-4-11)20-9-18-8-7-13(24-18)14(17(22)23-2)15(18)16(20)21/h3-8,10,13-15H,9H2,1-2H3/t10-,13+,14-,15-,18+/m1/s1. The number of likely N-dealkylation sites (tertiary alicyclic amines) is 1. The molecule has 2 saturated heterocycles. The normalized spacial score (nSPS) is 34.5. The van der Waals surface area contributed by atoms with Gasteiger partial charge in [-0.25, -0.2) is 0 Å². The molecule has 1 aromatic rings. The smallest absolute Gasteiger partial charge is 0.312 e. The largest absolute Gasteiger partial charge is 0.469 e. The average Bonchev–Trinajstić information content (AvgIpc) is 3.22. The van der Waals surface area contributed by atoms with E-state index in [1.54, 1.807) is 0 Å². The number of esters is 1. The van der Waals surface area contributed by atoms with Gasteiger partial charge in [0, 0.05) is 4.47 Å². The second kappa shape index (κ2) is 5.43. The molecule has 126 valence electrons. The van der Waals surface area contributed by atoms with Crippen molar-refractivity contribution in [2.75, 3.05) is 13.7 Å². The molecular formula is C18H18BrNO4. The fourth-order valence-corrected chi connectivity index (χ4v) is 4.45. The van der Waals surface area contributed by atoms with Gasteiger partial charge in [-0.2, -0.15) is 0 Å². The van der Waals surface area contributed by atoms with E-state index in [0.717, 1.165) is 10.0 Å². The molecule has 0 N–H and O–H groups in total. The van der Waals surface area contributed by atoms with Gasteiger partial charge in [0.25, 0.3) is 0 Å². The molecule has 0 unspecified atom stereocenters. The molecule has 5 atom stereocenters. The molecule has 0 aliphatic carbocycles. The molecule has 6 heteroatoms. The minimum atomic E-state index is -0.690. The minimum Gasteiger partial charge on any atom is -0.469 e. The maximum atomic E-state index is 13.1. The van der Waals surface area contributed by atoms with Crippen LogP contribution in [0.5, 0.6) is 0 Å². The molecule has 1 amide bonds. The van der Waals surface area contributed by atoms with E-state index in [0.29, 0.717) is 6.54 Å². The molecule has 3 aliphatic heterocycles. The van der Waals surface area contributed by atoms with Crippen molar-refractivity contribution in [1.82, 2.24) is 4.90 Å². The molecule has 24 heavy (non-hydrogen) atoms. The van der Waals surface area contributed by atoms with E-state index in [-0.39, 0.29) is 24.0 Å². The van der Waals surface area contributed by atoms with Crippen molar-refractivity contribution >= 4 is 27.8 Å². The molecular weight excluding hydrogens is 374 g/mol. The van der Waals surface area contributed by atoms with E-state index < -0.39 is 17.4 Å². The maximum Gasteiger partial charge on any atom is 0.312 e. The number of halogens is 1. The lowest BCUT2D eigenvalue weighted by Gasteiger charge is -2.27. The zero-order valence-electron chi connectivity index (χ0n) is 13.4. The third-order valence-electron chi connectivity index (χ3n) is 5.42. The Labute approximate surface area is 148 Å². The lowest BCUT2D eigenvalue weighted by atomic mass is 9.77. The topological polar surface area (TPSA) is 55.8 Å². The second-order valence-corrected chi connectivity index (χ2v) is 7.53. The van der Waals surface area contributed by atoms with Crippen molar-refractivity contribution < 1.29 is 19.1 Å². The first kappa shape index (κ1) is 15.8. The Hall–Kier alpha value is -1.66. The lowest BCUT2D eigenvalue weighted by molar-refractivity contribution is -0.151. The van der Waals surface area contributed by atoms with Gasteiger partial charge in [-0.1, -0.05) is 40.2 Å². The molecule has 5 nitrogen and oxygen atoms in total. The molecule has 3 heterocycles. The zero-order chi connectivity index (χ0) is 17.1. The highest BCUT2D eigenvalue weighted by molar-refractivity contribution is 9.10. The summed E-state index contributed by atoms with van der Waals surface area (Å²) in [6.07, 6.45) is 3.49. The quantitative estimate of drug-likeness (QED) is 0.586. The molecule has 1 spiro atoms. The number of carbonyl (C=O) groups is 2. The van der Waals surface area contributed by atoms with Crippen LogP contribution in [0.25, 0.3) is 0 Å². The van der Waals surface area contributed by atoms with Crippen LogP contribution >= 0.6 is 15.9 Å². The molecule has 1 aromatic carbocycles. The van der Waals surface area contributed by atoms with Crippen LogP contribution in [0.3, 0.4) is 0 Å². The van der Waals surface area contributed by atoms with E-state index in [2.05, 4.69) is 15.9 Å². The average molecular weight is 392 g/mol. The second-order valence-electron chi connectivity index (χ2n) is 6.62. The van der Waals surface area contributed by atoms with Gasteiger partial charge in [0.2, 0.25) is 5.91 Å². The number of amides is 1. The predicted molar refractivity (Wildman–Crippen MR) is 90.0 cm³/mol. The Balaban J connectivity index is 1.65.